The van der Waals surface area contributed by atoms with Crippen LogP contribution in [-0.4, -0.2) is 17.7 Å². The minimum atomic E-state index is -0.592. The maximum atomic E-state index is 14.0. The van der Waals surface area contributed by atoms with E-state index >= 15 is 0 Å². The molecule has 4 rings (SSSR count). The number of hydrogen-bond acceptors (Lipinski definition) is 5. The zero-order chi connectivity index (χ0) is 21.3. The summed E-state index contributed by atoms with van der Waals surface area (Å²) in [5, 5.41) is 9.88. The average molecular weight is 403 g/mol. The monoisotopic (exact) mass is 403 g/mol. The van der Waals surface area contributed by atoms with Gasteiger partial charge in [0.25, 0.3) is 0 Å². The molecular formula is C24H22FN3O2. The SMILES string of the molecule is CN1C(N)=C(C#N)[C@@H](c2ccccc2OCc2ccccc2F)C2=C1CCCC2=O. The van der Waals surface area contributed by atoms with Crippen LogP contribution < -0.4 is 10.5 Å². The van der Waals surface area contributed by atoms with Crippen molar-refractivity contribution in [1.82, 2.24) is 4.90 Å². The van der Waals surface area contributed by atoms with Gasteiger partial charge in [0, 0.05) is 35.9 Å². The van der Waals surface area contributed by atoms with Crippen molar-refractivity contribution in [2.75, 3.05) is 7.05 Å². The zero-order valence-electron chi connectivity index (χ0n) is 16.7. The van der Waals surface area contributed by atoms with Crippen LogP contribution in [0.25, 0.3) is 0 Å². The fourth-order valence-corrected chi connectivity index (χ4v) is 4.20. The second kappa shape index (κ2) is 8.03. The van der Waals surface area contributed by atoms with Gasteiger partial charge in [-0.25, -0.2) is 4.39 Å². The van der Waals surface area contributed by atoms with Crippen LogP contribution in [0.5, 0.6) is 5.75 Å². The van der Waals surface area contributed by atoms with Gasteiger partial charge in [0.1, 0.15) is 24.0 Å². The number of nitrogens with two attached hydrogens (primary N) is 1. The van der Waals surface area contributed by atoms with E-state index in [4.69, 9.17) is 10.5 Å². The lowest BCUT2D eigenvalue weighted by Crippen LogP contribution is -2.36. The number of ketones is 1. The number of ether oxygens (including phenoxy) is 1. The summed E-state index contributed by atoms with van der Waals surface area (Å²) in [5.41, 5.74) is 9.20. The van der Waals surface area contributed by atoms with Crippen LogP contribution in [0.4, 0.5) is 4.39 Å². The number of halogens is 1. The van der Waals surface area contributed by atoms with E-state index in [9.17, 15) is 14.4 Å². The molecule has 0 fully saturated rings. The number of rotatable bonds is 4. The van der Waals surface area contributed by atoms with Crippen molar-refractivity contribution in [2.45, 2.75) is 31.8 Å². The Bertz CT molecular complexity index is 1110. The number of benzene rings is 2. The summed E-state index contributed by atoms with van der Waals surface area (Å²) < 4.78 is 20.0. The fourth-order valence-electron chi connectivity index (χ4n) is 4.20. The van der Waals surface area contributed by atoms with Gasteiger partial charge in [-0.2, -0.15) is 5.26 Å². The molecule has 2 aromatic rings. The molecule has 0 aromatic heterocycles. The topological polar surface area (TPSA) is 79.3 Å². The highest BCUT2D eigenvalue weighted by atomic mass is 19.1. The van der Waals surface area contributed by atoms with Gasteiger partial charge in [-0.15, -0.1) is 0 Å². The van der Waals surface area contributed by atoms with E-state index < -0.39 is 5.92 Å². The van der Waals surface area contributed by atoms with Crippen molar-refractivity contribution in [1.29, 1.82) is 5.26 Å². The molecule has 0 saturated carbocycles. The smallest absolute Gasteiger partial charge is 0.161 e. The van der Waals surface area contributed by atoms with E-state index in [0.29, 0.717) is 40.3 Å². The number of Topliss-reactive ketones (excluding diaryl/α,β-unsaturated/α-hetero) is 1. The van der Waals surface area contributed by atoms with E-state index in [2.05, 4.69) is 6.07 Å². The van der Waals surface area contributed by atoms with Crippen molar-refractivity contribution in [3.05, 3.63) is 88.1 Å². The lowest BCUT2D eigenvalue weighted by molar-refractivity contribution is -0.116. The Morgan fingerprint density at radius 3 is 2.70 bits per heavy atom. The van der Waals surface area contributed by atoms with Crippen LogP contribution in [0.3, 0.4) is 0 Å². The number of carbonyl (C=O) groups is 1. The van der Waals surface area contributed by atoms with Gasteiger partial charge in [0.15, 0.2) is 5.78 Å². The molecule has 152 valence electrons. The van der Waals surface area contributed by atoms with Crippen LogP contribution in [0, 0.1) is 17.1 Å². The molecule has 5 nitrogen and oxygen atoms in total. The summed E-state index contributed by atoms with van der Waals surface area (Å²) in [6.07, 6.45) is 1.93. The molecule has 30 heavy (non-hydrogen) atoms. The molecule has 0 unspecified atom stereocenters. The lowest BCUT2D eigenvalue weighted by atomic mass is 9.75. The van der Waals surface area contributed by atoms with Crippen molar-refractivity contribution in [3.8, 4) is 11.8 Å². The molecule has 2 aromatic carbocycles. The summed E-state index contributed by atoms with van der Waals surface area (Å²) in [6, 6.07) is 15.9. The number of nitrogens with zero attached hydrogens (tertiary/aromatic N) is 2. The predicted molar refractivity (Wildman–Crippen MR) is 110 cm³/mol. The third-order valence-electron chi connectivity index (χ3n) is 5.74. The minimum Gasteiger partial charge on any atom is -0.488 e. The molecule has 1 aliphatic heterocycles. The summed E-state index contributed by atoms with van der Waals surface area (Å²) >= 11 is 0. The summed E-state index contributed by atoms with van der Waals surface area (Å²) in [7, 11) is 1.79. The lowest BCUT2D eigenvalue weighted by Gasteiger charge is -2.38. The Hall–Kier alpha value is -3.59. The number of allylic oxidation sites excluding steroid dienone is 3. The molecule has 1 heterocycles. The van der Waals surface area contributed by atoms with Crippen LogP contribution in [-0.2, 0) is 11.4 Å². The van der Waals surface area contributed by atoms with Crippen LogP contribution in [0.15, 0.2) is 71.2 Å². The second-order valence-electron chi connectivity index (χ2n) is 7.46. The molecule has 2 N–H and O–H groups in total. The Labute approximate surface area is 174 Å². The molecule has 6 heteroatoms. The van der Waals surface area contributed by atoms with Gasteiger partial charge in [-0.3, -0.25) is 4.79 Å². The van der Waals surface area contributed by atoms with Crippen molar-refractivity contribution in [3.63, 3.8) is 0 Å². The third-order valence-corrected chi connectivity index (χ3v) is 5.74. The van der Waals surface area contributed by atoms with Gasteiger partial charge in [-0.05, 0) is 25.0 Å². The van der Waals surface area contributed by atoms with Crippen LogP contribution in [0.1, 0.15) is 36.3 Å². The number of hydrogen-bond donors (Lipinski definition) is 1. The molecular weight excluding hydrogens is 381 g/mol. The Morgan fingerprint density at radius 2 is 1.93 bits per heavy atom. The van der Waals surface area contributed by atoms with Gasteiger partial charge in [0.05, 0.1) is 17.6 Å². The first-order valence-corrected chi connectivity index (χ1v) is 9.87. The summed E-state index contributed by atoms with van der Waals surface area (Å²) in [4.78, 5) is 14.7. The van der Waals surface area contributed by atoms with E-state index in [0.717, 1.165) is 18.5 Å². The average Bonchev–Trinajstić information content (AvgIpc) is 2.76. The molecule has 0 radical (unpaired) electrons. The molecule has 0 saturated heterocycles. The third kappa shape index (κ3) is 3.33. The zero-order valence-corrected chi connectivity index (χ0v) is 16.7. The maximum absolute atomic E-state index is 14.0. The summed E-state index contributed by atoms with van der Waals surface area (Å²) in [5.74, 6) is -0.0624. The van der Waals surface area contributed by atoms with Crippen molar-refractivity contribution < 1.29 is 13.9 Å². The second-order valence-corrected chi connectivity index (χ2v) is 7.46. The van der Waals surface area contributed by atoms with Gasteiger partial charge < -0.3 is 15.4 Å². The van der Waals surface area contributed by atoms with Crippen LogP contribution in [0.2, 0.25) is 0 Å². The Morgan fingerprint density at radius 1 is 1.20 bits per heavy atom. The molecule has 1 atom stereocenters. The van der Waals surface area contributed by atoms with Crippen molar-refractivity contribution in [2.24, 2.45) is 5.73 Å². The number of para-hydroxylation sites is 1. The first kappa shape index (κ1) is 19.7. The standard InChI is InChI=1S/C24H22FN3O2/c1-28-19-10-6-11-20(29)23(19)22(17(13-26)24(28)27)16-8-3-5-12-21(16)30-14-15-7-2-4-9-18(15)25/h2-5,7-9,12,22H,6,10-11,14,27H2,1H3/t22-/m1/s1. The van der Waals surface area contributed by atoms with Gasteiger partial charge in [-0.1, -0.05) is 36.4 Å². The largest absolute Gasteiger partial charge is 0.488 e. The van der Waals surface area contributed by atoms with Gasteiger partial charge >= 0.3 is 0 Å². The molecule has 0 bridgehead atoms. The highest BCUT2D eigenvalue weighted by molar-refractivity contribution is 6.00. The summed E-state index contributed by atoms with van der Waals surface area (Å²) in [6.45, 7) is 0.0389. The molecule has 0 spiro atoms. The van der Waals surface area contributed by atoms with E-state index in [1.165, 1.54) is 6.07 Å². The Balaban J connectivity index is 1.79. The normalized spacial score (nSPS) is 18.9. The number of nitriles is 1. The predicted octanol–water partition coefficient (Wildman–Crippen LogP) is 4.13. The quantitative estimate of drug-likeness (QED) is 0.830. The van der Waals surface area contributed by atoms with Gasteiger partial charge in [0.2, 0.25) is 0 Å². The maximum Gasteiger partial charge on any atom is 0.161 e. The first-order valence-electron chi connectivity index (χ1n) is 9.87. The van der Waals surface area contributed by atoms with Crippen molar-refractivity contribution >= 4 is 5.78 Å². The molecule has 1 aliphatic carbocycles. The van der Waals surface area contributed by atoms with E-state index in [1.54, 1.807) is 36.2 Å². The number of carbonyl (C=O) groups excluding carboxylic acids is 1. The molecule has 2 aliphatic rings. The fraction of sp³-hybridized carbons (Fsp3) is 0.250. The first-order chi connectivity index (χ1) is 14.5. The molecule has 0 amide bonds. The van der Waals surface area contributed by atoms with Crippen LogP contribution >= 0.6 is 0 Å². The highest BCUT2D eigenvalue weighted by Crippen LogP contribution is 2.46. The highest BCUT2D eigenvalue weighted by Gasteiger charge is 2.39. The minimum absolute atomic E-state index is 0.0252. The Kier molecular flexibility index (Phi) is 5.28. The van der Waals surface area contributed by atoms with E-state index in [1.807, 2.05) is 18.2 Å². The van der Waals surface area contributed by atoms with E-state index in [-0.39, 0.29) is 18.2 Å².